The van der Waals surface area contributed by atoms with Gasteiger partial charge in [-0.2, -0.15) is 0 Å². The molecule has 0 aliphatic rings. The zero-order chi connectivity index (χ0) is 21.1. The summed E-state index contributed by atoms with van der Waals surface area (Å²) < 4.78 is 32.7. The van der Waals surface area contributed by atoms with Gasteiger partial charge in [-0.3, -0.25) is 0 Å². The van der Waals surface area contributed by atoms with Crippen molar-refractivity contribution in [1.29, 1.82) is 0 Å². The Morgan fingerprint density at radius 3 is 2.23 bits per heavy atom. The smallest absolute Gasteiger partial charge is 0.338 e. The fraction of sp³-hybridized carbons (Fsp3) is 0.125. The lowest BCUT2D eigenvalue weighted by Crippen LogP contribution is -2.11. The number of hydrogen-bond acceptors (Lipinski definition) is 4. The minimum Gasteiger partial charge on any atom is -0.465 e. The van der Waals surface area contributed by atoms with Gasteiger partial charge in [0.25, 0.3) is 10.0 Å². The van der Waals surface area contributed by atoms with Crippen LogP contribution in [0.25, 0.3) is 10.9 Å². The van der Waals surface area contributed by atoms with E-state index < -0.39 is 10.0 Å². The number of nitrogens with zero attached hydrogens (tertiary/aromatic N) is 1. The summed E-state index contributed by atoms with van der Waals surface area (Å²) in [6.07, 6.45) is 2.87. The third-order valence-corrected chi connectivity index (χ3v) is 6.83. The van der Waals surface area contributed by atoms with Gasteiger partial charge in [0.1, 0.15) is 0 Å². The Morgan fingerprint density at radius 2 is 1.47 bits per heavy atom. The molecular formula is C24H21NO4S. The monoisotopic (exact) mass is 419 g/mol. The van der Waals surface area contributed by atoms with Gasteiger partial charge in [0.15, 0.2) is 0 Å². The second-order valence-electron chi connectivity index (χ2n) is 6.93. The molecule has 0 bridgehead atoms. The molecule has 0 saturated heterocycles. The molecule has 0 atom stereocenters. The first-order chi connectivity index (χ1) is 14.5. The van der Waals surface area contributed by atoms with Gasteiger partial charge in [-0.25, -0.2) is 17.2 Å². The highest BCUT2D eigenvalue weighted by molar-refractivity contribution is 7.90. The number of aromatic nitrogens is 1. The van der Waals surface area contributed by atoms with E-state index in [1.54, 1.807) is 48.7 Å². The van der Waals surface area contributed by atoms with Crippen molar-refractivity contribution >= 4 is 26.9 Å². The molecule has 0 saturated carbocycles. The number of esters is 1. The molecule has 0 N–H and O–H groups in total. The van der Waals surface area contributed by atoms with Crippen molar-refractivity contribution in [2.45, 2.75) is 17.7 Å². The zero-order valence-corrected chi connectivity index (χ0v) is 17.3. The van der Waals surface area contributed by atoms with Crippen molar-refractivity contribution < 1.29 is 17.9 Å². The standard InChI is InChI=1S/C24H21NO4S/c1-29-24(26)22-13-6-5-9-18(22)15-16-19-17-25(23-14-8-7-12-21(19)23)30(27,28)20-10-3-2-4-11-20/h2-14,17H,15-16H2,1H3. The largest absolute Gasteiger partial charge is 0.465 e. The summed E-state index contributed by atoms with van der Waals surface area (Å²) >= 11 is 0. The van der Waals surface area contributed by atoms with Crippen LogP contribution in [0.5, 0.6) is 0 Å². The van der Waals surface area contributed by atoms with E-state index in [9.17, 15) is 13.2 Å². The molecule has 0 unspecified atom stereocenters. The number of carbonyl (C=O) groups excluding carboxylic acids is 1. The molecule has 6 heteroatoms. The highest BCUT2D eigenvalue weighted by atomic mass is 32.2. The molecule has 30 heavy (non-hydrogen) atoms. The van der Waals surface area contributed by atoms with Gasteiger partial charge >= 0.3 is 5.97 Å². The molecule has 0 aliphatic heterocycles. The van der Waals surface area contributed by atoms with E-state index in [2.05, 4.69) is 0 Å². The zero-order valence-electron chi connectivity index (χ0n) is 16.5. The molecular weight excluding hydrogens is 398 g/mol. The lowest BCUT2D eigenvalue weighted by Gasteiger charge is -2.07. The summed E-state index contributed by atoms with van der Waals surface area (Å²) in [5.74, 6) is -0.375. The minimum absolute atomic E-state index is 0.244. The van der Waals surface area contributed by atoms with Crippen molar-refractivity contribution in [1.82, 2.24) is 3.97 Å². The maximum Gasteiger partial charge on any atom is 0.338 e. The summed E-state index contributed by atoms with van der Waals surface area (Å²) in [6, 6.07) is 23.2. The highest BCUT2D eigenvalue weighted by Gasteiger charge is 2.21. The predicted octanol–water partition coefficient (Wildman–Crippen LogP) is 4.45. The van der Waals surface area contributed by atoms with Gasteiger partial charge in [-0.05, 0) is 48.2 Å². The average molecular weight is 420 g/mol. The fourth-order valence-electron chi connectivity index (χ4n) is 3.64. The molecule has 0 aliphatic carbocycles. The van der Waals surface area contributed by atoms with Crippen molar-refractivity contribution in [2.24, 2.45) is 0 Å². The SMILES string of the molecule is COC(=O)c1ccccc1CCc1cn(S(=O)(=O)c2ccccc2)c2ccccc12. The van der Waals surface area contributed by atoms with Crippen LogP contribution in [0.4, 0.5) is 0 Å². The van der Waals surface area contributed by atoms with Crippen molar-refractivity contribution in [3.8, 4) is 0 Å². The second-order valence-corrected chi connectivity index (χ2v) is 8.75. The number of fused-ring (bicyclic) bond motifs is 1. The number of para-hydroxylation sites is 1. The summed E-state index contributed by atoms with van der Waals surface area (Å²) in [5.41, 5.74) is 2.94. The molecule has 4 aromatic rings. The molecule has 152 valence electrons. The molecule has 0 amide bonds. The molecule has 1 aromatic heterocycles. The molecule has 0 spiro atoms. The van der Waals surface area contributed by atoms with E-state index in [-0.39, 0.29) is 10.9 Å². The molecule has 3 aromatic carbocycles. The van der Waals surface area contributed by atoms with E-state index in [0.29, 0.717) is 23.9 Å². The number of aryl methyl sites for hydroxylation is 2. The van der Waals surface area contributed by atoms with E-state index in [0.717, 1.165) is 16.5 Å². The minimum atomic E-state index is -3.71. The first-order valence-corrected chi connectivity index (χ1v) is 11.0. The first kappa shape index (κ1) is 19.9. The highest BCUT2D eigenvalue weighted by Crippen LogP contribution is 2.27. The maximum atomic E-state index is 13.2. The Morgan fingerprint density at radius 1 is 0.833 bits per heavy atom. The topological polar surface area (TPSA) is 65.4 Å². The van der Waals surface area contributed by atoms with E-state index >= 15 is 0 Å². The van der Waals surface area contributed by atoms with Gasteiger partial charge in [-0.1, -0.05) is 54.6 Å². The molecule has 4 rings (SSSR count). The van der Waals surface area contributed by atoms with Gasteiger partial charge < -0.3 is 4.74 Å². The van der Waals surface area contributed by atoms with Gasteiger partial charge in [-0.15, -0.1) is 0 Å². The van der Waals surface area contributed by atoms with Crippen molar-refractivity contribution in [3.05, 3.63) is 102 Å². The third-order valence-electron chi connectivity index (χ3n) is 5.15. The van der Waals surface area contributed by atoms with Crippen LogP contribution in [0.2, 0.25) is 0 Å². The van der Waals surface area contributed by atoms with Crippen LogP contribution in [0, 0.1) is 0 Å². The first-order valence-electron chi connectivity index (χ1n) is 9.58. The quantitative estimate of drug-likeness (QED) is 0.433. The summed E-state index contributed by atoms with van der Waals surface area (Å²) in [7, 11) is -2.35. The Hall–Kier alpha value is -3.38. The molecule has 1 heterocycles. The van der Waals surface area contributed by atoms with Crippen LogP contribution in [0.3, 0.4) is 0 Å². The van der Waals surface area contributed by atoms with E-state index in [1.807, 2.05) is 36.4 Å². The maximum absolute atomic E-state index is 13.2. The van der Waals surface area contributed by atoms with Crippen LogP contribution in [-0.4, -0.2) is 25.5 Å². The summed E-state index contributed by atoms with van der Waals surface area (Å²) in [4.78, 5) is 12.3. The Balaban J connectivity index is 1.73. The molecule has 0 fully saturated rings. The molecule has 0 radical (unpaired) electrons. The Labute approximate surface area is 175 Å². The number of benzene rings is 3. The summed E-state index contributed by atoms with van der Waals surface area (Å²) in [6.45, 7) is 0. The van der Waals surface area contributed by atoms with Crippen LogP contribution in [0.1, 0.15) is 21.5 Å². The average Bonchev–Trinajstić information content (AvgIpc) is 3.17. The Kier molecular flexibility index (Phi) is 5.42. The Bertz CT molecular complexity index is 1310. The van der Waals surface area contributed by atoms with E-state index in [1.165, 1.54) is 11.1 Å². The number of carbonyl (C=O) groups is 1. The fourth-order valence-corrected chi connectivity index (χ4v) is 5.05. The lowest BCUT2D eigenvalue weighted by molar-refractivity contribution is 0.0599. The van der Waals surface area contributed by atoms with Gasteiger partial charge in [0.05, 0.1) is 23.1 Å². The number of rotatable bonds is 6. The van der Waals surface area contributed by atoms with Crippen LogP contribution in [-0.2, 0) is 27.6 Å². The van der Waals surface area contributed by atoms with Gasteiger partial charge in [0, 0.05) is 11.6 Å². The number of hydrogen-bond donors (Lipinski definition) is 0. The predicted molar refractivity (Wildman–Crippen MR) is 116 cm³/mol. The third kappa shape index (κ3) is 3.62. The number of ether oxygens (including phenoxy) is 1. The van der Waals surface area contributed by atoms with Crippen LogP contribution >= 0.6 is 0 Å². The summed E-state index contributed by atoms with van der Waals surface area (Å²) in [5, 5.41) is 0.882. The van der Waals surface area contributed by atoms with E-state index in [4.69, 9.17) is 4.74 Å². The normalized spacial score (nSPS) is 11.5. The van der Waals surface area contributed by atoms with Crippen molar-refractivity contribution in [3.63, 3.8) is 0 Å². The second kappa shape index (κ2) is 8.16. The van der Waals surface area contributed by atoms with Crippen molar-refractivity contribution in [2.75, 3.05) is 7.11 Å². The van der Waals surface area contributed by atoms with Crippen LogP contribution in [0.15, 0.2) is 90.0 Å². The number of methoxy groups -OCH3 is 1. The lowest BCUT2D eigenvalue weighted by atomic mass is 9.99. The van der Waals surface area contributed by atoms with Gasteiger partial charge in [0.2, 0.25) is 0 Å². The molecule has 5 nitrogen and oxygen atoms in total. The van der Waals surface area contributed by atoms with Crippen LogP contribution < -0.4 is 0 Å².